The zero-order valence-corrected chi connectivity index (χ0v) is 11.1. The molecule has 0 spiro atoms. The average Bonchev–Trinajstić information content (AvgIpc) is 2.38. The Morgan fingerprint density at radius 1 is 1.06 bits per heavy atom. The van der Waals surface area contributed by atoms with Crippen molar-refractivity contribution in [2.24, 2.45) is 0 Å². The Balaban J connectivity index is 1.84. The maximum atomic E-state index is 4.46. The van der Waals surface area contributed by atoms with Crippen molar-refractivity contribution in [3.8, 4) is 0 Å². The molecule has 2 aromatic rings. The summed E-state index contributed by atoms with van der Waals surface area (Å²) < 4.78 is 0. The molecule has 0 radical (unpaired) electrons. The van der Waals surface area contributed by atoms with Crippen LogP contribution in [0.4, 0.5) is 5.82 Å². The molecule has 1 atom stereocenters. The van der Waals surface area contributed by atoms with Crippen LogP contribution in [0.3, 0.4) is 0 Å². The van der Waals surface area contributed by atoms with E-state index >= 15 is 0 Å². The van der Waals surface area contributed by atoms with Gasteiger partial charge in [-0.2, -0.15) is 0 Å². The lowest BCUT2D eigenvalue weighted by molar-refractivity contribution is 0.702. The van der Waals surface area contributed by atoms with Crippen molar-refractivity contribution in [3.05, 3.63) is 59.8 Å². The molecule has 0 aliphatic carbocycles. The maximum Gasteiger partial charge on any atom is 0.126 e. The van der Waals surface area contributed by atoms with Crippen molar-refractivity contribution in [2.75, 3.05) is 5.32 Å². The van der Waals surface area contributed by atoms with Gasteiger partial charge in [-0.1, -0.05) is 36.4 Å². The van der Waals surface area contributed by atoms with Crippen LogP contribution in [0.5, 0.6) is 0 Å². The maximum absolute atomic E-state index is 4.46. The number of benzene rings is 1. The van der Waals surface area contributed by atoms with Crippen LogP contribution in [0.25, 0.3) is 0 Å². The van der Waals surface area contributed by atoms with E-state index in [4.69, 9.17) is 0 Å². The normalized spacial score (nSPS) is 12.1. The van der Waals surface area contributed by atoms with Crippen LogP contribution in [0, 0.1) is 6.92 Å². The van der Waals surface area contributed by atoms with Gasteiger partial charge in [0, 0.05) is 11.7 Å². The van der Waals surface area contributed by atoms with Gasteiger partial charge in [-0.25, -0.2) is 4.98 Å². The lowest BCUT2D eigenvalue weighted by Gasteiger charge is -2.14. The first kappa shape index (κ1) is 12.6. The van der Waals surface area contributed by atoms with E-state index in [0.717, 1.165) is 24.4 Å². The van der Waals surface area contributed by atoms with Crippen LogP contribution in [-0.4, -0.2) is 11.0 Å². The number of hydrogen-bond acceptors (Lipinski definition) is 2. The highest BCUT2D eigenvalue weighted by atomic mass is 15.0. The van der Waals surface area contributed by atoms with E-state index < -0.39 is 0 Å². The number of nitrogens with one attached hydrogen (secondary N) is 1. The highest BCUT2D eigenvalue weighted by Gasteiger charge is 2.03. The number of aromatic nitrogens is 1. The van der Waals surface area contributed by atoms with Crippen LogP contribution in [0.1, 0.15) is 24.6 Å². The Kier molecular flexibility index (Phi) is 4.35. The molecule has 0 saturated heterocycles. The highest BCUT2D eigenvalue weighted by Crippen LogP contribution is 2.10. The minimum atomic E-state index is 0.430. The third-order valence-electron chi connectivity index (χ3n) is 2.99. The summed E-state index contributed by atoms with van der Waals surface area (Å²) in [6.07, 6.45) is 2.21. The van der Waals surface area contributed by atoms with Gasteiger partial charge in [-0.3, -0.25) is 0 Å². The molecule has 2 heteroatoms. The van der Waals surface area contributed by atoms with Crippen molar-refractivity contribution in [1.29, 1.82) is 0 Å². The van der Waals surface area contributed by atoms with Crippen molar-refractivity contribution in [3.63, 3.8) is 0 Å². The Morgan fingerprint density at radius 2 is 1.83 bits per heavy atom. The first-order chi connectivity index (χ1) is 8.74. The summed E-state index contributed by atoms with van der Waals surface area (Å²) in [4.78, 5) is 4.46. The molecule has 94 valence electrons. The SMILES string of the molecule is Cc1cccc(NC(C)CCc2ccccc2)n1. The zero-order chi connectivity index (χ0) is 12.8. The van der Waals surface area contributed by atoms with Gasteiger partial charge in [-0.15, -0.1) is 0 Å². The second kappa shape index (κ2) is 6.20. The molecule has 1 unspecified atom stereocenters. The predicted octanol–water partition coefficient (Wildman–Crippen LogP) is 3.82. The van der Waals surface area contributed by atoms with E-state index in [2.05, 4.69) is 47.6 Å². The van der Waals surface area contributed by atoms with Gasteiger partial charge in [0.15, 0.2) is 0 Å². The average molecular weight is 240 g/mol. The smallest absolute Gasteiger partial charge is 0.126 e. The Hall–Kier alpha value is -1.83. The fourth-order valence-corrected chi connectivity index (χ4v) is 1.98. The standard InChI is InChI=1S/C16H20N2/c1-13-7-6-10-16(17-13)18-14(2)11-12-15-8-4-3-5-9-15/h3-10,14H,11-12H2,1-2H3,(H,17,18). The van der Waals surface area contributed by atoms with Crippen LogP contribution in [-0.2, 0) is 6.42 Å². The van der Waals surface area contributed by atoms with Crippen LogP contribution in [0.2, 0.25) is 0 Å². The molecule has 0 fully saturated rings. The van der Waals surface area contributed by atoms with E-state index in [-0.39, 0.29) is 0 Å². The van der Waals surface area contributed by atoms with Gasteiger partial charge in [0.1, 0.15) is 5.82 Å². The molecule has 0 bridgehead atoms. The molecule has 2 nitrogen and oxygen atoms in total. The number of rotatable bonds is 5. The van der Waals surface area contributed by atoms with E-state index in [0.29, 0.717) is 6.04 Å². The van der Waals surface area contributed by atoms with Gasteiger partial charge in [-0.05, 0) is 44.4 Å². The van der Waals surface area contributed by atoms with Gasteiger partial charge >= 0.3 is 0 Å². The second-order valence-corrected chi connectivity index (χ2v) is 4.73. The molecule has 0 saturated carbocycles. The number of pyridine rings is 1. The summed E-state index contributed by atoms with van der Waals surface area (Å²) in [6.45, 7) is 4.22. The second-order valence-electron chi connectivity index (χ2n) is 4.73. The van der Waals surface area contributed by atoms with Gasteiger partial charge < -0.3 is 5.32 Å². The van der Waals surface area contributed by atoms with Gasteiger partial charge in [0.05, 0.1) is 0 Å². The minimum Gasteiger partial charge on any atom is -0.368 e. The molecule has 1 N–H and O–H groups in total. The Bertz CT molecular complexity index is 479. The third-order valence-corrected chi connectivity index (χ3v) is 2.99. The van der Waals surface area contributed by atoms with E-state index in [1.165, 1.54) is 5.56 Å². The van der Waals surface area contributed by atoms with Crippen LogP contribution in [0.15, 0.2) is 48.5 Å². The summed E-state index contributed by atoms with van der Waals surface area (Å²) in [5.74, 6) is 0.968. The van der Waals surface area contributed by atoms with Crippen LogP contribution < -0.4 is 5.32 Å². The van der Waals surface area contributed by atoms with Crippen LogP contribution >= 0.6 is 0 Å². The summed E-state index contributed by atoms with van der Waals surface area (Å²) in [6, 6.07) is 17.1. The van der Waals surface area contributed by atoms with Crippen molar-refractivity contribution in [1.82, 2.24) is 4.98 Å². The largest absolute Gasteiger partial charge is 0.368 e. The van der Waals surface area contributed by atoms with Crippen molar-refractivity contribution in [2.45, 2.75) is 32.7 Å². The zero-order valence-electron chi connectivity index (χ0n) is 11.1. The minimum absolute atomic E-state index is 0.430. The number of nitrogens with zero attached hydrogens (tertiary/aromatic N) is 1. The summed E-state index contributed by atoms with van der Waals surface area (Å²) in [7, 11) is 0. The lowest BCUT2D eigenvalue weighted by atomic mass is 10.1. The first-order valence-electron chi connectivity index (χ1n) is 6.48. The molecule has 18 heavy (non-hydrogen) atoms. The molecule has 1 aromatic carbocycles. The summed E-state index contributed by atoms with van der Waals surface area (Å²) in [5, 5.41) is 3.44. The lowest BCUT2D eigenvalue weighted by Crippen LogP contribution is -2.16. The van der Waals surface area contributed by atoms with Gasteiger partial charge in [0.2, 0.25) is 0 Å². The summed E-state index contributed by atoms with van der Waals surface area (Å²) >= 11 is 0. The Labute approximate surface area is 109 Å². The fraction of sp³-hybridized carbons (Fsp3) is 0.312. The number of hydrogen-bond donors (Lipinski definition) is 1. The highest BCUT2D eigenvalue weighted by molar-refractivity contribution is 5.36. The topological polar surface area (TPSA) is 24.9 Å². The number of aryl methyl sites for hydroxylation is 2. The molecule has 0 aliphatic rings. The first-order valence-corrected chi connectivity index (χ1v) is 6.48. The summed E-state index contributed by atoms with van der Waals surface area (Å²) in [5.41, 5.74) is 2.44. The van der Waals surface area contributed by atoms with Crippen molar-refractivity contribution < 1.29 is 0 Å². The molecule has 1 heterocycles. The molecular weight excluding hydrogens is 220 g/mol. The fourth-order valence-electron chi connectivity index (χ4n) is 1.98. The molecule has 0 aliphatic heterocycles. The third kappa shape index (κ3) is 3.88. The van der Waals surface area contributed by atoms with E-state index in [1.54, 1.807) is 0 Å². The Morgan fingerprint density at radius 3 is 2.56 bits per heavy atom. The van der Waals surface area contributed by atoms with E-state index in [1.807, 2.05) is 25.1 Å². The van der Waals surface area contributed by atoms with E-state index in [9.17, 15) is 0 Å². The molecular formula is C16H20N2. The van der Waals surface area contributed by atoms with Gasteiger partial charge in [0.25, 0.3) is 0 Å². The molecule has 2 rings (SSSR count). The quantitative estimate of drug-likeness (QED) is 0.859. The number of anilines is 1. The van der Waals surface area contributed by atoms with Crippen molar-refractivity contribution >= 4 is 5.82 Å². The predicted molar refractivity (Wildman–Crippen MR) is 76.8 cm³/mol. The monoisotopic (exact) mass is 240 g/mol. The molecule has 0 amide bonds. The molecule has 1 aromatic heterocycles.